The minimum absolute atomic E-state index is 0.00125. The molecule has 3 saturated carbocycles. The molecule has 3 fully saturated rings. The van der Waals surface area contributed by atoms with E-state index >= 15 is 0 Å². The molecule has 0 aromatic rings. The number of ketones is 2. The Morgan fingerprint density at radius 3 is 2.20 bits per heavy atom. The minimum Gasteiger partial charge on any atom is -0.456 e. The van der Waals surface area contributed by atoms with Crippen molar-refractivity contribution >= 4 is 17.5 Å². The van der Waals surface area contributed by atoms with E-state index in [1.165, 1.54) is 26.0 Å². The Morgan fingerprint density at radius 2 is 1.62 bits per heavy atom. The van der Waals surface area contributed by atoms with Gasteiger partial charge in [0.2, 0.25) is 0 Å². The third kappa shape index (κ3) is 4.19. The summed E-state index contributed by atoms with van der Waals surface area (Å²) in [7, 11) is 0. The first-order chi connectivity index (χ1) is 18.1. The summed E-state index contributed by atoms with van der Waals surface area (Å²) < 4.78 is 5.23. The molecule has 0 aromatic carbocycles. The third-order valence-corrected chi connectivity index (χ3v) is 11.8. The Labute approximate surface area is 237 Å². The average Bonchev–Trinajstić information content (AvgIpc) is 3.01. The second-order valence-electron chi connectivity index (χ2n) is 15.0. The maximum atomic E-state index is 14.3. The molecule has 0 saturated heterocycles. The molecular weight excluding hydrogens is 512 g/mol. The molecule has 0 radical (unpaired) electrons. The van der Waals surface area contributed by atoms with Crippen molar-refractivity contribution in [1.29, 1.82) is 0 Å². The molecule has 0 aliphatic heterocycles. The Morgan fingerprint density at radius 1 is 1.02 bits per heavy atom. The van der Waals surface area contributed by atoms with Gasteiger partial charge in [0, 0.05) is 30.1 Å². The summed E-state index contributed by atoms with van der Waals surface area (Å²) in [5.41, 5.74) is -5.04. The van der Waals surface area contributed by atoms with Gasteiger partial charge in [-0.2, -0.15) is 0 Å². The van der Waals surface area contributed by atoms with E-state index in [1.54, 1.807) is 13.8 Å². The van der Waals surface area contributed by atoms with Crippen molar-refractivity contribution in [2.24, 2.45) is 39.4 Å². The number of Topliss-reactive ketones (excluding diaryl/α,β-unsaturated/α-hetero) is 1. The number of allylic oxidation sites excluding steroid dienone is 1. The standard InChI is InChI=1S/C32H48O8/c1-17(33)40-27(2,3)13-12-23(36)32(9,39)25-21(35)15-29(6)22-11-10-18-19(14-20(34)26(38)28(18,4)5)31(22,8)24(37)16-30(25,29)7/h10,12-13,19-22,25-26,34-35,38-39H,11,14-16H2,1-9H3/b13-12+/t19-,20+,21-,22+,25+,26-,29+,30-,31+,32+/m0/s1. The molecule has 0 unspecified atom stereocenters. The van der Waals surface area contributed by atoms with Crippen molar-refractivity contribution in [1.82, 2.24) is 0 Å². The van der Waals surface area contributed by atoms with Gasteiger partial charge in [0.15, 0.2) is 5.78 Å². The Balaban J connectivity index is 1.74. The maximum absolute atomic E-state index is 14.3. The van der Waals surface area contributed by atoms with Gasteiger partial charge in [-0.15, -0.1) is 0 Å². The predicted molar refractivity (Wildman–Crippen MR) is 149 cm³/mol. The van der Waals surface area contributed by atoms with E-state index in [4.69, 9.17) is 4.74 Å². The third-order valence-electron chi connectivity index (χ3n) is 11.8. The van der Waals surface area contributed by atoms with Gasteiger partial charge in [-0.1, -0.05) is 46.3 Å². The zero-order valence-electron chi connectivity index (χ0n) is 25.4. The lowest BCUT2D eigenvalue weighted by molar-refractivity contribution is -0.186. The highest BCUT2D eigenvalue weighted by Crippen LogP contribution is 2.74. The molecule has 8 nitrogen and oxygen atoms in total. The number of fused-ring (bicyclic) bond motifs is 5. The monoisotopic (exact) mass is 560 g/mol. The van der Waals surface area contributed by atoms with Crippen molar-refractivity contribution < 1.29 is 39.5 Å². The van der Waals surface area contributed by atoms with Crippen LogP contribution < -0.4 is 0 Å². The number of carbonyl (C=O) groups is 3. The molecule has 8 heteroatoms. The quantitative estimate of drug-likeness (QED) is 0.228. The highest BCUT2D eigenvalue weighted by molar-refractivity contribution is 5.97. The minimum atomic E-state index is -1.98. The van der Waals surface area contributed by atoms with Crippen molar-refractivity contribution in [3.05, 3.63) is 23.8 Å². The number of aliphatic hydroxyl groups excluding tert-OH is 3. The van der Waals surface area contributed by atoms with E-state index in [0.717, 1.165) is 5.57 Å². The summed E-state index contributed by atoms with van der Waals surface area (Å²) >= 11 is 0. The van der Waals surface area contributed by atoms with Crippen LogP contribution in [0.5, 0.6) is 0 Å². The van der Waals surface area contributed by atoms with Crippen LogP contribution in [0.2, 0.25) is 0 Å². The number of carbonyl (C=O) groups excluding carboxylic acids is 3. The van der Waals surface area contributed by atoms with Gasteiger partial charge in [-0.25, -0.2) is 0 Å². The number of esters is 1. The van der Waals surface area contributed by atoms with Gasteiger partial charge in [-0.3, -0.25) is 14.4 Å². The van der Waals surface area contributed by atoms with Gasteiger partial charge in [0.25, 0.3) is 0 Å². The molecule has 0 spiro atoms. The van der Waals surface area contributed by atoms with Crippen LogP contribution in [0.1, 0.15) is 88.0 Å². The highest BCUT2D eigenvalue weighted by atomic mass is 16.6. The van der Waals surface area contributed by atoms with Crippen LogP contribution in [0.3, 0.4) is 0 Å². The summed E-state index contributed by atoms with van der Waals surface area (Å²) in [6, 6.07) is 0. The highest BCUT2D eigenvalue weighted by Gasteiger charge is 2.74. The van der Waals surface area contributed by atoms with Crippen LogP contribution in [0.25, 0.3) is 0 Å². The number of aliphatic hydroxyl groups is 4. The molecule has 4 N–H and O–H groups in total. The molecule has 0 bridgehead atoms. The fourth-order valence-corrected chi connectivity index (χ4v) is 9.55. The lowest BCUT2D eigenvalue weighted by atomic mass is 9.38. The zero-order chi connectivity index (χ0) is 30.4. The summed E-state index contributed by atoms with van der Waals surface area (Å²) in [5, 5.41) is 44.9. The second-order valence-corrected chi connectivity index (χ2v) is 15.0. The molecule has 4 aliphatic rings. The van der Waals surface area contributed by atoms with Crippen molar-refractivity contribution in [3.8, 4) is 0 Å². The number of hydrogen-bond acceptors (Lipinski definition) is 8. The SMILES string of the molecule is CC(=O)OC(C)(C)/C=C/C(=O)[C@@](C)(O)[C@@H]1[C@@H](O)C[C@]2(C)[C@H]3CC=C4[C@H](C[C@@H](O)[C@H](O)C4(C)C)[C@@]3(C)C(=O)C[C@@]12C. The van der Waals surface area contributed by atoms with Gasteiger partial charge in [0.05, 0.1) is 18.3 Å². The van der Waals surface area contributed by atoms with Gasteiger partial charge >= 0.3 is 5.97 Å². The molecule has 40 heavy (non-hydrogen) atoms. The summed E-state index contributed by atoms with van der Waals surface area (Å²) in [6.07, 6.45) is 3.10. The fraction of sp³-hybridized carbons (Fsp3) is 0.781. The molecule has 0 amide bonds. The number of rotatable bonds is 5. The van der Waals surface area contributed by atoms with E-state index < -0.39 is 68.8 Å². The van der Waals surface area contributed by atoms with Crippen molar-refractivity contribution in [2.75, 3.05) is 0 Å². The Bertz CT molecular complexity index is 1160. The van der Waals surface area contributed by atoms with Crippen molar-refractivity contribution in [2.45, 2.75) is 118 Å². The van der Waals surface area contributed by atoms with Crippen LogP contribution in [0, 0.1) is 39.4 Å². The Kier molecular flexibility index (Phi) is 7.24. The molecule has 0 aromatic heterocycles. The second kappa shape index (κ2) is 9.32. The molecule has 224 valence electrons. The normalized spacial score (nSPS) is 44.2. The lowest BCUT2D eigenvalue weighted by Crippen LogP contribution is -2.65. The average molecular weight is 561 g/mol. The summed E-state index contributed by atoms with van der Waals surface area (Å²) in [4.78, 5) is 39.2. The maximum Gasteiger partial charge on any atom is 0.303 e. The van der Waals surface area contributed by atoms with E-state index in [-0.39, 0.29) is 30.5 Å². The molecule has 4 aliphatic carbocycles. The van der Waals surface area contributed by atoms with Crippen LogP contribution >= 0.6 is 0 Å². The number of ether oxygens (including phenoxy) is 1. The topological polar surface area (TPSA) is 141 Å². The molecule has 0 heterocycles. The number of hydrogen-bond donors (Lipinski definition) is 4. The van der Waals surface area contributed by atoms with Crippen LogP contribution in [-0.2, 0) is 19.1 Å². The summed E-state index contributed by atoms with van der Waals surface area (Å²) in [5.74, 6) is -2.48. The van der Waals surface area contributed by atoms with Crippen LogP contribution in [0.4, 0.5) is 0 Å². The first-order valence-electron chi connectivity index (χ1n) is 14.5. The molecule has 4 rings (SSSR count). The Hall–Kier alpha value is -1.87. The van der Waals surface area contributed by atoms with E-state index in [9.17, 15) is 34.8 Å². The first-order valence-corrected chi connectivity index (χ1v) is 14.5. The fourth-order valence-electron chi connectivity index (χ4n) is 9.55. The lowest BCUT2D eigenvalue weighted by Gasteiger charge is -2.65. The summed E-state index contributed by atoms with van der Waals surface area (Å²) in [6.45, 7) is 15.7. The van der Waals surface area contributed by atoms with Crippen LogP contribution in [0.15, 0.2) is 23.8 Å². The largest absolute Gasteiger partial charge is 0.456 e. The van der Waals surface area contributed by atoms with Crippen molar-refractivity contribution in [3.63, 3.8) is 0 Å². The van der Waals surface area contributed by atoms with E-state index in [1.807, 2.05) is 27.7 Å². The molecular formula is C32H48O8. The predicted octanol–water partition coefficient (Wildman–Crippen LogP) is 3.29. The van der Waals surface area contributed by atoms with Gasteiger partial charge in [-0.05, 0) is 74.9 Å². The van der Waals surface area contributed by atoms with Gasteiger partial charge in [0.1, 0.15) is 17.0 Å². The zero-order valence-corrected chi connectivity index (χ0v) is 25.4. The molecule has 10 atom stereocenters. The smallest absolute Gasteiger partial charge is 0.303 e. The van der Waals surface area contributed by atoms with E-state index in [2.05, 4.69) is 13.0 Å². The van der Waals surface area contributed by atoms with E-state index in [0.29, 0.717) is 12.8 Å². The van der Waals surface area contributed by atoms with Crippen LogP contribution in [-0.4, -0.2) is 67.5 Å². The first kappa shape index (κ1) is 31.1. The van der Waals surface area contributed by atoms with Gasteiger partial charge < -0.3 is 25.2 Å².